The van der Waals surface area contributed by atoms with E-state index in [1.165, 1.54) is 0 Å². The van der Waals surface area contributed by atoms with Gasteiger partial charge in [0.2, 0.25) is 0 Å². The fraction of sp³-hybridized carbons (Fsp3) is 0.300. The number of fused-ring (bicyclic) bond motifs is 1. The molecule has 1 aliphatic heterocycles. The molecule has 0 aromatic heterocycles. The lowest BCUT2D eigenvalue weighted by Crippen LogP contribution is -2.24. The summed E-state index contributed by atoms with van der Waals surface area (Å²) in [7, 11) is 1.55. The van der Waals surface area contributed by atoms with Crippen molar-refractivity contribution in [2.24, 2.45) is 0 Å². The molecule has 15 heavy (non-hydrogen) atoms. The van der Waals surface area contributed by atoms with Gasteiger partial charge in [-0.2, -0.15) is 0 Å². The number of hydrogen-bond acceptors (Lipinski definition) is 3. The molecule has 80 valence electrons. The Hall–Kier alpha value is -1.23. The van der Waals surface area contributed by atoms with Gasteiger partial charge in [0.25, 0.3) is 5.91 Å². The van der Waals surface area contributed by atoms with Gasteiger partial charge in [0, 0.05) is 4.47 Å². The van der Waals surface area contributed by atoms with Crippen LogP contribution in [0.25, 0.3) is 0 Å². The monoisotopic (exact) mass is 271 g/mol. The second-order valence-electron chi connectivity index (χ2n) is 3.09. The van der Waals surface area contributed by atoms with Crippen molar-refractivity contribution in [1.29, 1.82) is 0 Å². The van der Waals surface area contributed by atoms with Crippen molar-refractivity contribution in [2.75, 3.05) is 20.3 Å². The van der Waals surface area contributed by atoms with Crippen LogP contribution in [0.3, 0.4) is 0 Å². The first-order valence-corrected chi connectivity index (χ1v) is 5.30. The van der Waals surface area contributed by atoms with Crippen LogP contribution in [0.1, 0.15) is 10.4 Å². The Kier molecular flexibility index (Phi) is 2.81. The molecule has 1 aromatic carbocycles. The van der Waals surface area contributed by atoms with Crippen LogP contribution < -0.4 is 14.8 Å². The smallest absolute Gasteiger partial charge is 0.255 e. The van der Waals surface area contributed by atoms with E-state index in [1.54, 1.807) is 19.2 Å². The van der Waals surface area contributed by atoms with E-state index in [4.69, 9.17) is 9.47 Å². The summed E-state index contributed by atoms with van der Waals surface area (Å²) in [6.07, 6.45) is 0. The van der Waals surface area contributed by atoms with Crippen LogP contribution in [0.2, 0.25) is 0 Å². The lowest BCUT2D eigenvalue weighted by Gasteiger charge is -2.11. The van der Waals surface area contributed by atoms with Crippen molar-refractivity contribution in [3.05, 3.63) is 22.2 Å². The quantitative estimate of drug-likeness (QED) is 0.844. The minimum atomic E-state index is -0.137. The molecule has 0 saturated carbocycles. The number of halogens is 1. The topological polar surface area (TPSA) is 47.6 Å². The summed E-state index contributed by atoms with van der Waals surface area (Å²) < 4.78 is 11.4. The Labute approximate surface area is 95.7 Å². The van der Waals surface area contributed by atoms with E-state index in [0.29, 0.717) is 30.2 Å². The second-order valence-corrected chi connectivity index (χ2v) is 4.00. The second kappa shape index (κ2) is 4.10. The van der Waals surface area contributed by atoms with Crippen molar-refractivity contribution in [3.63, 3.8) is 0 Å². The number of carbonyl (C=O) groups is 1. The van der Waals surface area contributed by atoms with Crippen LogP contribution in [0, 0.1) is 0 Å². The van der Waals surface area contributed by atoms with E-state index in [1.807, 2.05) is 0 Å². The van der Waals surface area contributed by atoms with Gasteiger partial charge in [-0.25, -0.2) is 0 Å². The van der Waals surface area contributed by atoms with E-state index >= 15 is 0 Å². The first kappa shape index (κ1) is 10.3. The molecule has 0 fully saturated rings. The highest BCUT2D eigenvalue weighted by Crippen LogP contribution is 2.35. The van der Waals surface area contributed by atoms with Gasteiger partial charge in [0.05, 0.1) is 19.2 Å². The zero-order valence-electron chi connectivity index (χ0n) is 8.17. The van der Waals surface area contributed by atoms with Gasteiger partial charge in [-0.05, 0) is 12.1 Å². The van der Waals surface area contributed by atoms with Gasteiger partial charge in [-0.15, -0.1) is 0 Å². The van der Waals surface area contributed by atoms with Crippen molar-refractivity contribution >= 4 is 21.8 Å². The van der Waals surface area contributed by atoms with Gasteiger partial charge in [0.1, 0.15) is 6.61 Å². The Balaban J connectivity index is 2.58. The molecule has 1 heterocycles. The average Bonchev–Trinajstić information content (AvgIpc) is 2.40. The predicted molar refractivity (Wildman–Crippen MR) is 58.5 cm³/mol. The summed E-state index contributed by atoms with van der Waals surface area (Å²) in [6.45, 7) is 0.963. The molecule has 0 saturated heterocycles. The van der Waals surface area contributed by atoms with Crippen molar-refractivity contribution < 1.29 is 14.3 Å². The first-order valence-electron chi connectivity index (χ1n) is 4.51. The highest BCUT2D eigenvalue weighted by molar-refractivity contribution is 9.10. The highest BCUT2D eigenvalue weighted by Gasteiger charge is 2.20. The van der Waals surface area contributed by atoms with Gasteiger partial charge in [-0.1, -0.05) is 15.9 Å². The molecule has 0 bridgehead atoms. The van der Waals surface area contributed by atoms with Gasteiger partial charge >= 0.3 is 0 Å². The van der Waals surface area contributed by atoms with Crippen molar-refractivity contribution in [3.8, 4) is 11.5 Å². The van der Waals surface area contributed by atoms with Gasteiger partial charge in [0.15, 0.2) is 11.5 Å². The summed E-state index contributed by atoms with van der Waals surface area (Å²) in [6, 6.07) is 3.50. The van der Waals surface area contributed by atoms with Crippen LogP contribution in [-0.4, -0.2) is 26.2 Å². The fourth-order valence-electron chi connectivity index (χ4n) is 1.45. The standard InChI is InChI=1S/C10H10BrNO3/c1-14-8-5-6(11)4-7-9(8)15-3-2-12-10(7)13/h4-5H,2-3H2,1H3,(H,12,13). The third kappa shape index (κ3) is 1.92. The lowest BCUT2D eigenvalue weighted by atomic mass is 10.2. The number of ether oxygens (including phenoxy) is 2. The molecule has 1 aliphatic rings. The Morgan fingerprint density at radius 1 is 1.53 bits per heavy atom. The average molecular weight is 272 g/mol. The molecule has 0 unspecified atom stereocenters. The predicted octanol–water partition coefficient (Wildman–Crippen LogP) is 1.58. The minimum Gasteiger partial charge on any atom is -0.493 e. The molecule has 5 heteroatoms. The normalized spacial score (nSPS) is 14.7. The van der Waals surface area contributed by atoms with Crippen LogP contribution in [0.5, 0.6) is 11.5 Å². The SMILES string of the molecule is COc1cc(Br)cc2c1OCCNC2=O. The van der Waals surface area contributed by atoms with Crippen LogP contribution in [0.15, 0.2) is 16.6 Å². The summed E-state index contributed by atoms with van der Waals surface area (Å²) in [4.78, 5) is 11.7. The van der Waals surface area contributed by atoms with Crippen LogP contribution >= 0.6 is 15.9 Å². The molecule has 2 rings (SSSR count). The number of carbonyl (C=O) groups excluding carboxylic acids is 1. The van der Waals surface area contributed by atoms with E-state index in [0.717, 1.165) is 4.47 Å². The zero-order chi connectivity index (χ0) is 10.8. The van der Waals surface area contributed by atoms with E-state index in [2.05, 4.69) is 21.2 Å². The molecule has 0 spiro atoms. The van der Waals surface area contributed by atoms with Crippen molar-refractivity contribution in [1.82, 2.24) is 5.32 Å². The number of methoxy groups -OCH3 is 1. The Bertz CT molecular complexity index is 406. The Morgan fingerprint density at radius 2 is 2.33 bits per heavy atom. The highest BCUT2D eigenvalue weighted by atomic mass is 79.9. The number of nitrogens with one attached hydrogen (secondary N) is 1. The maximum Gasteiger partial charge on any atom is 0.255 e. The number of benzene rings is 1. The van der Waals surface area contributed by atoms with Crippen molar-refractivity contribution in [2.45, 2.75) is 0 Å². The third-order valence-corrected chi connectivity index (χ3v) is 2.58. The van der Waals surface area contributed by atoms with Crippen LogP contribution in [-0.2, 0) is 0 Å². The molecule has 1 amide bonds. The zero-order valence-corrected chi connectivity index (χ0v) is 9.76. The molecular formula is C10H10BrNO3. The number of hydrogen-bond donors (Lipinski definition) is 1. The summed E-state index contributed by atoms with van der Waals surface area (Å²) in [5, 5.41) is 2.74. The fourth-order valence-corrected chi connectivity index (χ4v) is 1.89. The molecule has 0 atom stereocenters. The molecule has 0 radical (unpaired) electrons. The molecule has 1 N–H and O–H groups in total. The van der Waals surface area contributed by atoms with Gasteiger partial charge in [-0.3, -0.25) is 4.79 Å². The molecule has 4 nitrogen and oxygen atoms in total. The Morgan fingerprint density at radius 3 is 3.07 bits per heavy atom. The number of amides is 1. The largest absolute Gasteiger partial charge is 0.493 e. The van der Waals surface area contributed by atoms with E-state index in [9.17, 15) is 4.79 Å². The minimum absolute atomic E-state index is 0.137. The maximum atomic E-state index is 11.7. The van der Waals surface area contributed by atoms with E-state index in [-0.39, 0.29) is 5.91 Å². The number of rotatable bonds is 1. The van der Waals surface area contributed by atoms with Gasteiger partial charge < -0.3 is 14.8 Å². The summed E-state index contributed by atoms with van der Waals surface area (Å²) in [5.74, 6) is 0.939. The van der Waals surface area contributed by atoms with Crippen LogP contribution in [0.4, 0.5) is 0 Å². The maximum absolute atomic E-state index is 11.7. The summed E-state index contributed by atoms with van der Waals surface area (Å²) >= 11 is 3.32. The molecule has 0 aliphatic carbocycles. The third-order valence-electron chi connectivity index (χ3n) is 2.12. The molecular weight excluding hydrogens is 262 g/mol. The molecule has 1 aromatic rings. The summed E-state index contributed by atoms with van der Waals surface area (Å²) in [5.41, 5.74) is 0.499. The first-order chi connectivity index (χ1) is 7.22. The lowest BCUT2D eigenvalue weighted by molar-refractivity contribution is 0.0957. The van der Waals surface area contributed by atoms with E-state index < -0.39 is 0 Å².